The first kappa shape index (κ1) is 17.1. The highest BCUT2D eigenvalue weighted by atomic mass is 16.5. The molecule has 1 aromatic heterocycles. The molecule has 3 aromatic rings. The molecule has 0 saturated carbocycles. The summed E-state index contributed by atoms with van der Waals surface area (Å²) in [4.78, 5) is 4.00. The molecule has 128 valence electrons. The van der Waals surface area contributed by atoms with E-state index >= 15 is 0 Å². The molecule has 0 aliphatic rings. The van der Waals surface area contributed by atoms with Gasteiger partial charge in [0, 0.05) is 25.5 Å². The Hall–Kier alpha value is -2.69. The van der Waals surface area contributed by atoms with E-state index in [-0.39, 0.29) is 6.61 Å². The molecule has 4 heteroatoms. The van der Waals surface area contributed by atoms with Gasteiger partial charge in [0.05, 0.1) is 6.61 Å². The zero-order valence-corrected chi connectivity index (χ0v) is 14.1. The van der Waals surface area contributed by atoms with Crippen LogP contribution in [0, 0.1) is 0 Å². The lowest BCUT2D eigenvalue weighted by Crippen LogP contribution is -2.14. The van der Waals surface area contributed by atoms with Crippen LogP contribution in [0.25, 0.3) is 0 Å². The number of hydrogen-bond donors (Lipinski definition) is 2. The molecule has 0 spiro atoms. The monoisotopic (exact) mass is 334 g/mol. The number of rotatable bonds is 8. The van der Waals surface area contributed by atoms with Gasteiger partial charge in [0.2, 0.25) is 0 Å². The molecule has 3 rings (SSSR count). The van der Waals surface area contributed by atoms with Gasteiger partial charge in [0.25, 0.3) is 0 Å². The fourth-order valence-electron chi connectivity index (χ4n) is 2.57. The Labute approximate surface area is 148 Å². The summed E-state index contributed by atoms with van der Waals surface area (Å²) >= 11 is 0. The van der Waals surface area contributed by atoms with Crippen molar-refractivity contribution in [1.82, 2.24) is 10.3 Å². The van der Waals surface area contributed by atoms with Crippen molar-refractivity contribution < 1.29 is 9.84 Å². The quantitative estimate of drug-likeness (QED) is 0.662. The molecule has 4 nitrogen and oxygen atoms in total. The lowest BCUT2D eigenvalue weighted by molar-refractivity contribution is 0.280. The molecule has 0 saturated heterocycles. The molecule has 0 unspecified atom stereocenters. The lowest BCUT2D eigenvalue weighted by atomic mass is 10.1. The van der Waals surface area contributed by atoms with Crippen molar-refractivity contribution in [1.29, 1.82) is 0 Å². The first-order valence-corrected chi connectivity index (χ1v) is 8.34. The maximum absolute atomic E-state index is 9.35. The summed E-state index contributed by atoms with van der Waals surface area (Å²) in [6.07, 6.45) is 3.53. The SMILES string of the molecule is OCc1ccccc1CNCc1ccc(OCc2ccncc2)cc1. The molecule has 0 aliphatic carbocycles. The standard InChI is InChI=1S/C21H22N2O2/c24-15-20-4-2-1-3-19(20)14-23-13-17-5-7-21(8-6-17)25-16-18-9-11-22-12-10-18/h1-12,23-24H,13-16H2. The minimum atomic E-state index is 0.0708. The lowest BCUT2D eigenvalue weighted by Gasteiger charge is -2.10. The van der Waals surface area contributed by atoms with Crippen LogP contribution in [-0.4, -0.2) is 10.1 Å². The number of hydrogen-bond acceptors (Lipinski definition) is 4. The number of benzene rings is 2. The fraction of sp³-hybridized carbons (Fsp3) is 0.190. The normalized spacial score (nSPS) is 10.6. The zero-order chi connectivity index (χ0) is 17.3. The van der Waals surface area contributed by atoms with E-state index in [0.717, 1.165) is 35.5 Å². The van der Waals surface area contributed by atoms with Gasteiger partial charge >= 0.3 is 0 Å². The van der Waals surface area contributed by atoms with E-state index in [1.54, 1.807) is 12.4 Å². The van der Waals surface area contributed by atoms with Crippen LogP contribution in [0.4, 0.5) is 0 Å². The van der Waals surface area contributed by atoms with E-state index in [1.807, 2.05) is 48.5 Å². The predicted octanol–water partition coefficient (Wildman–Crippen LogP) is 3.44. The van der Waals surface area contributed by atoms with Gasteiger partial charge in [-0.15, -0.1) is 0 Å². The Morgan fingerprint density at radius 2 is 1.52 bits per heavy atom. The molecule has 2 aromatic carbocycles. The Kier molecular flexibility index (Phi) is 6.15. The Morgan fingerprint density at radius 3 is 2.24 bits per heavy atom. The van der Waals surface area contributed by atoms with Crippen molar-refractivity contribution in [3.63, 3.8) is 0 Å². The molecule has 2 N–H and O–H groups in total. The van der Waals surface area contributed by atoms with Crippen molar-refractivity contribution in [2.24, 2.45) is 0 Å². The van der Waals surface area contributed by atoms with Gasteiger partial charge in [-0.2, -0.15) is 0 Å². The summed E-state index contributed by atoms with van der Waals surface area (Å²) < 4.78 is 5.78. The third-order valence-electron chi connectivity index (χ3n) is 4.01. The van der Waals surface area contributed by atoms with Crippen molar-refractivity contribution in [2.75, 3.05) is 0 Å². The van der Waals surface area contributed by atoms with Gasteiger partial charge in [-0.1, -0.05) is 36.4 Å². The van der Waals surface area contributed by atoms with Gasteiger partial charge in [-0.05, 0) is 46.5 Å². The number of aliphatic hydroxyl groups excluding tert-OH is 1. The third kappa shape index (κ3) is 5.14. The van der Waals surface area contributed by atoms with Crippen molar-refractivity contribution in [3.8, 4) is 5.75 Å². The Morgan fingerprint density at radius 1 is 0.800 bits per heavy atom. The highest BCUT2D eigenvalue weighted by Gasteiger charge is 2.01. The van der Waals surface area contributed by atoms with Crippen LogP contribution in [0.2, 0.25) is 0 Å². The zero-order valence-electron chi connectivity index (χ0n) is 14.1. The maximum atomic E-state index is 9.35. The number of aliphatic hydroxyl groups is 1. The molecular weight excluding hydrogens is 312 g/mol. The van der Waals surface area contributed by atoms with Crippen molar-refractivity contribution in [3.05, 3.63) is 95.3 Å². The van der Waals surface area contributed by atoms with Crippen LogP contribution >= 0.6 is 0 Å². The summed E-state index contributed by atoms with van der Waals surface area (Å²) in [6.45, 7) is 2.11. The average Bonchev–Trinajstić information content (AvgIpc) is 2.68. The van der Waals surface area contributed by atoms with E-state index in [0.29, 0.717) is 6.61 Å². The second kappa shape index (κ2) is 8.97. The summed E-state index contributed by atoms with van der Waals surface area (Å²) in [5, 5.41) is 12.8. The summed E-state index contributed by atoms with van der Waals surface area (Å²) in [7, 11) is 0. The number of ether oxygens (including phenoxy) is 1. The molecule has 0 aliphatic heterocycles. The van der Waals surface area contributed by atoms with Crippen LogP contribution < -0.4 is 10.1 Å². The third-order valence-corrected chi connectivity index (χ3v) is 4.01. The van der Waals surface area contributed by atoms with Gasteiger partial charge < -0.3 is 15.2 Å². The number of aromatic nitrogens is 1. The van der Waals surface area contributed by atoms with Gasteiger partial charge in [-0.25, -0.2) is 0 Å². The van der Waals surface area contributed by atoms with Crippen LogP contribution in [0.5, 0.6) is 5.75 Å². The minimum Gasteiger partial charge on any atom is -0.489 e. The predicted molar refractivity (Wildman–Crippen MR) is 97.9 cm³/mol. The highest BCUT2D eigenvalue weighted by Crippen LogP contribution is 2.14. The van der Waals surface area contributed by atoms with Crippen LogP contribution in [-0.2, 0) is 26.3 Å². The summed E-state index contributed by atoms with van der Waals surface area (Å²) in [5.41, 5.74) is 4.39. The van der Waals surface area contributed by atoms with E-state index < -0.39 is 0 Å². The highest BCUT2D eigenvalue weighted by molar-refractivity contribution is 5.28. The van der Waals surface area contributed by atoms with Crippen LogP contribution in [0.3, 0.4) is 0 Å². The fourth-order valence-corrected chi connectivity index (χ4v) is 2.57. The number of nitrogens with zero attached hydrogens (tertiary/aromatic N) is 1. The van der Waals surface area contributed by atoms with E-state index in [9.17, 15) is 5.11 Å². The minimum absolute atomic E-state index is 0.0708. The smallest absolute Gasteiger partial charge is 0.119 e. The molecule has 1 heterocycles. The van der Waals surface area contributed by atoms with Crippen LogP contribution in [0.1, 0.15) is 22.3 Å². The topological polar surface area (TPSA) is 54.4 Å². The van der Waals surface area contributed by atoms with E-state index in [2.05, 4.69) is 22.4 Å². The first-order chi connectivity index (χ1) is 12.3. The van der Waals surface area contributed by atoms with E-state index in [1.165, 1.54) is 5.56 Å². The largest absolute Gasteiger partial charge is 0.489 e. The molecule has 0 atom stereocenters. The molecule has 0 bridgehead atoms. The second-order valence-electron chi connectivity index (χ2n) is 5.82. The Bertz CT molecular complexity index is 773. The average molecular weight is 334 g/mol. The van der Waals surface area contributed by atoms with E-state index in [4.69, 9.17) is 4.74 Å². The van der Waals surface area contributed by atoms with Gasteiger partial charge in [-0.3, -0.25) is 4.98 Å². The second-order valence-corrected chi connectivity index (χ2v) is 5.82. The number of pyridine rings is 1. The maximum Gasteiger partial charge on any atom is 0.119 e. The van der Waals surface area contributed by atoms with Crippen molar-refractivity contribution >= 4 is 0 Å². The molecule has 0 radical (unpaired) electrons. The Balaban J connectivity index is 1.47. The molecule has 25 heavy (non-hydrogen) atoms. The van der Waals surface area contributed by atoms with Crippen LogP contribution in [0.15, 0.2) is 73.1 Å². The molecule has 0 amide bonds. The molecule has 0 fully saturated rings. The molecular formula is C21H22N2O2. The number of nitrogens with one attached hydrogen (secondary N) is 1. The van der Waals surface area contributed by atoms with Gasteiger partial charge in [0.15, 0.2) is 0 Å². The summed E-state index contributed by atoms with van der Waals surface area (Å²) in [5.74, 6) is 0.853. The van der Waals surface area contributed by atoms with Gasteiger partial charge in [0.1, 0.15) is 12.4 Å². The van der Waals surface area contributed by atoms with Crippen molar-refractivity contribution in [2.45, 2.75) is 26.3 Å². The summed E-state index contributed by atoms with van der Waals surface area (Å²) in [6, 6.07) is 19.9. The first-order valence-electron chi connectivity index (χ1n) is 8.34.